The molecule has 3 heterocycles. The molecule has 0 aromatic carbocycles. The van der Waals surface area contributed by atoms with E-state index in [0.29, 0.717) is 5.39 Å². The molecule has 2 aromatic rings. The zero-order chi connectivity index (χ0) is 18.2. The highest BCUT2D eigenvalue weighted by Gasteiger charge is 2.47. The zero-order valence-electron chi connectivity index (χ0n) is 12.6. The van der Waals surface area contributed by atoms with E-state index in [9.17, 15) is 18.0 Å². The first kappa shape index (κ1) is 16.9. The monoisotopic (exact) mass is 352 g/mol. The van der Waals surface area contributed by atoms with Gasteiger partial charge >= 0.3 is 12.1 Å². The first-order valence-corrected chi connectivity index (χ1v) is 7.15. The number of pyridine rings is 2. The van der Waals surface area contributed by atoms with Crippen molar-refractivity contribution in [2.75, 3.05) is 18.0 Å². The van der Waals surface area contributed by atoms with Crippen molar-refractivity contribution in [3.05, 3.63) is 30.2 Å². The van der Waals surface area contributed by atoms with Crippen LogP contribution in [0.15, 0.2) is 24.5 Å². The molecule has 0 spiro atoms. The number of alkyl halides is 3. The molecular formula is C15H11F3N4O3. The van der Waals surface area contributed by atoms with Gasteiger partial charge in [0.05, 0.1) is 25.0 Å². The fraction of sp³-hybridized carbons (Fsp3) is 0.333. The molecule has 1 aliphatic heterocycles. The molecule has 1 aliphatic rings. The maximum Gasteiger partial charge on any atom is 0.416 e. The molecular weight excluding hydrogens is 341 g/mol. The summed E-state index contributed by atoms with van der Waals surface area (Å²) in [6.45, 7) is -0.857. The van der Waals surface area contributed by atoms with E-state index in [1.54, 1.807) is 12.1 Å². The minimum atomic E-state index is -4.71. The van der Waals surface area contributed by atoms with Crippen LogP contribution in [-0.4, -0.2) is 52.5 Å². The third-order valence-electron chi connectivity index (χ3n) is 3.81. The van der Waals surface area contributed by atoms with Crippen molar-refractivity contribution >= 4 is 22.6 Å². The summed E-state index contributed by atoms with van der Waals surface area (Å²) in [6, 6.07) is 5.03. The van der Waals surface area contributed by atoms with Crippen molar-refractivity contribution in [3.63, 3.8) is 0 Å². The molecule has 1 saturated heterocycles. The van der Waals surface area contributed by atoms with Crippen LogP contribution in [0.1, 0.15) is 5.69 Å². The Morgan fingerprint density at radius 2 is 2.16 bits per heavy atom. The lowest BCUT2D eigenvalue weighted by atomic mass is 10.1. The maximum atomic E-state index is 13.1. The van der Waals surface area contributed by atoms with Gasteiger partial charge in [-0.1, -0.05) is 0 Å². The van der Waals surface area contributed by atoms with Crippen molar-refractivity contribution in [2.24, 2.45) is 0 Å². The third kappa shape index (κ3) is 3.18. The molecule has 130 valence electrons. The molecule has 25 heavy (non-hydrogen) atoms. The number of ether oxygens (including phenoxy) is 1. The van der Waals surface area contributed by atoms with Crippen LogP contribution in [0.5, 0.6) is 0 Å². The quantitative estimate of drug-likeness (QED) is 0.878. The van der Waals surface area contributed by atoms with Crippen molar-refractivity contribution in [3.8, 4) is 6.07 Å². The van der Waals surface area contributed by atoms with E-state index < -0.39 is 30.9 Å². The lowest BCUT2D eigenvalue weighted by Crippen LogP contribution is -2.55. The molecule has 0 bridgehead atoms. The summed E-state index contributed by atoms with van der Waals surface area (Å²) in [5, 5.41) is 18.6. The molecule has 1 fully saturated rings. The van der Waals surface area contributed by atoms with Gasteiger partial charge in [-0.2, -0.15) is 18.4 Å². The second kappa shape index (κ2) is 6.18. The molecule has 0 radical (unpaired) electrons. The van der Waals surface area contributed by atoms with Crippen molar-refractivity contribution in [2.45, 2.75) is 18.4 Å². The van der Waals surface area contributed by atoms with Crippen LogP contribution >= 0.6 is 0 Å². The van der Waals surface area contributed by atoms with Gasteiger partial charge in [0, 0.05) is 11.6 Å². The lowest BCUT2D eigenvalue weighted by molar-refractivity contribution is -0.236. The topological polar surface area (TPSA) is 99.3 Å². The molecule has 2 atom stereocenters. The largest absolute Gasteiger partial charge is 0.479 e. The number of fused-ring (bicyclic) bond motifs is 1. The van der Waals surface area contributed by atoms with E-state index in [1.807, 2.05) is 6.07 Å². The number of hydrogen-bond donors (Lipinski definition) is 1. The Morgan fingerprint density at radius 3 is 2.80 bits per heavy atom. The Bertz CT molecular complexity index is 865. The molecule has 0 saturated carbocycles. The lowest BCUT2D eigenvalue weighted by Gasteiger charge is -2.38. The van der Waals surface area contributed by atoms with Crippen molar-refractivity contribution in [1.29, 1.82) is 5.26 Å². The van der Waals surface area contributed by atoms with Gasteiger partial charge < -0.3 is 14.7 Å². The van der Waals surface area contributed by atoms with Gasteiger partial charge in [0.25, 0.3) is 0 Å². The minimum Gasteiger partial charge on any atom is -0.479 e. The average Bonchev–Trinajstić information content (AvgIpc) is 2.59. The van der Waals surface area contributed by atoms with Crippen LogP contribution in [0.25, 0.3) is 10.9 Å². The Kier molecular flexibility index (Phi) is 4.18. The van der Waals surface area contributed by atoms with Gasteiger partial charge in [-0.05, 0) is 12.1 Å². The van der Waals surface area contributed by atoms with Gasteiger partial charge in [-0.15, -0.1) is 0 Å². The number of aromatic nitrogens is 2. The molecule has 0 unspecified atom stereocenters. The molecule has 10 heteroatoms. The van der Waals surface area contributed by atoms with E-state index in [0.717, 1.165) is 0 Å². The number of halogens is 3. The van der Waals surface area contributed by atoms with E-state index in [-0.39, 0.29) is 23.4 Å². The standard InChI is InChI=1S/C15H11F3N4O3/c16-15(17,18)12-7-22(6-11(25-12)14(23)24)10-5-21-9(4-19)13-8(10)2-1-3-20-13/h1-3,5,11-12H,6-7H2,(H,23,24)/t11-,12+/m0/s1. The van der Waals surface area contributed by atoms with E-state index in [2.05, 4.69) is 14.7 Å². The second-order valence-corrected chi connectivity index (χ2v) is 5.40. The smallest absolute Gasteiger partial charge is 0.416 e. The number of anilines is 1. The fourth-order valence-corrected chi connectivity index (χ4v) is 2.66. The Morgan fingerprint density at radius 1 is 1.40 bits per heavy atom. The van der Waals surface area contributed by atoms with Crippen LogP contribution in [-0.2, 0) is 9.53 Å². The maximum absolute atomic E-state index is 13.1. The predicted octanol–water partition coefficient (Wildman–Crippen LogP) is 1.72. The number of carboxylic acid groups (broad SMARTS) is 1. The summed E-state index contributed by atoms with van der Waals surface area (Å²) in [5.74, 6) is -1.48. The number of aliphatic carboxylic acids is 1. The molecule has 2 aromatic heterocycles. The molecule has 0 amide bonds. The van der Waals surface area contributed by atoms with Gasteiger partial charge in [0.2, 0.25) is 0 Å². The number of hydrogen-bond acceptors (Lipinski definition) is 6. The summed E-state index contributed by atoms with van der Waals surface area (Å²) >= 11 is 0. The third-order valence-corrected chi connectivity index (χ3v) is 3.81. The highest BCUT2D eigenvalue weighted by atomic mass is 19.4. The highest BCUT2D eigenvalue weighted by molar-refractivity contribution is 5.94. The first-order chi connectivity index (χ1) is 11.8. The first-order valence-electron chi connectivity index (χ1n) is 7.15. The Hall–Kier alpha value is -2.93. The molecule has 3 rings (SSSR count). The number of carboxylic acids is 1. The number of nitrogens with zero attached hydrogens (tertiary/aromatic N) is 4. The van der Waals surface area contributed by atoms with Gasteiger partial charge in [0.1, 0.15) is 11.6 Å². The summed E-state index contributed by atoms with van der Waals surface area (Å²) in [6.07, 6.45) is -5.90. The molecule has 0 aliphatic carbocycles. The second-order valence-electron chi connectivity index (χ2n) is 5.40. The van der Waals surface area contributed by atoms with E-state index in [4.69, 9.17) is 10.4 Å². The number of nitriles is 1. The highest BCUT2D eigenvalue weighted by Crippen LogP contribution is 2.33. The van der Waals surface area contributed by atoms with Crippen LogP contribution in [0.2, 0.25) is 0 Å². The Labute approximate surface area is 139 Å². The summed E-state index contributed by atoms with van der Waals surface area (Å²) < 4.78 is 43.9. The SMILES string of the molecule is N#Cc1ncc(N2C[C@@H](C(=O)O)O[C@@H](C(F)(F)F)C2)c2cccnc12. The molecule has 7 nitrogen and oxygen atoms in total. The summed E-state index contributed by atoms with van der Waals surface area (Å²) in [5.41, 5.74) is 0.546. The predicted molar refractivity (Wildman–Crippen MR) is 78.8 cm³/mol. The van der Waals surface area contributed by atoms with E-state index >= 15 is 0 Å². The van der Waals surface area contributed by atoms with E-state index in [1.165, 1.54) is 17.3 Å². The normalized spacial score (nSPS) is 21.1. The Balaban J connectivity index is 2.07. The van der Waals surface area contributed by atoms with Crippen molar-refractivity contribution < 1.29 is 27.8 Å². The van der Waals surface area contributed by atoms with Crippen LogP contribution < -0.4 is 4.90 Å². The van der Waals surface area contributed by atoms with Crippen LogP contribution in [0.3, 0.4) is 0 Å². The zero-order valence-corrected chi connectivity index (χ0v) is 12.6. The van der Waals surface area contributed by atoms with Crippen LogP contribution in [0, 0.1) is 11.3 Å². The number of carbonyl (C=O) groups is 1. The summed E-state index contributed by atoms with van der Waals surface area (Å²) in [4.78, 5) is 20.4. The summed E-state index contributed by atoms with van der Waals surface area (Å²) in [7, 11) is 0. The van der Waals surface area contributed by atoms with Gasteiger partial charge in [-0.25, -0.2) is 9.78 Å². The van der Waals surface area contributed by atoms with Gasteiger partial charge in [-0.3, -0.25) is 4.98 Å². The van der Waals surface area contributed by atoms with Gasteiger partial charge in [0.15, 0.2) is 17.9 Å². The number of morpholine rings is 1. The average molecular weight is 352 g/mol. The minimum absolute atomic E-state index is 0.0368. The van der Waals surface area contributed by atoms with Crippen LogP contribution in [0.4, 0.5) is 18.9 Å². The molecule has 1 N–H and O–H groups in total. The fourth-order valence-electron chi connectivity index (χ4n) is 2.66. The number of rotatable bonds is 2. The van der Waals surface area contributed by atoms with Crippen molar-refractivity contribution in [1.82, 2.24) is 9.97 Å².